The summed E-state index contributed by atoms with van der Waals surface area (Å²) >= 11 is 0. The highest BCUT2D eigenvalue weighted by atomic mass is 16.8. The summed E-state index contributed by atoms with van der Waals surface area (Å²) in [7, 11) is 1.19. The van der Waals surface area contributed by atoms with Crippen LogP contribution in [0.5, 0.6) is 11.5 Å². The average molecular weight is 598 g/mol. The molecule has 1 rings (SSSR count). The van der Waals surface area contributed by atoms with E-state index in [4.69, 9.17) is 38.9 Å². The predicted octanol–water partition coefficient (Wildman–Crippen LogP) is 6.10. The summed E-state index contributed by atoms with van der Waals surface area (Å²) in [6.45, 7) is 12.9. The van der Waals surface area contributed by atoms with E-state index >= 15 is 0 Å². The van der Waals surface area contributed by atoms with Gasteiger partial charge in [0.05, 0.1) is 13.7 Å². The Kier molecular flexibility index (Phi) is 15.7. The van der Waals surface area contributed by atoms with E-state index < -0.39 is 42.2 Å². The molecule has 2 N–H and O–H groups in total. The lowest BCUT2D eigenvalue weighted by Gasteiger charge is -2.29. The van der Waals surface area contributed by atoms with Crippen molar-refractivity contribution in [2.24, 2.45) is 11.7 Å². The molecule has 0 saturated carbocycles. The lowest BCUT2D eigenvalue weighted by atomic mass is 9.86. The SMILES string of the molecule is CCCC(C)OC(=O)Oc1cc(CC(N)(C[C@H](C)OC(=O)OCC(C)C)C(=O)OC)ccc1OC(=O)O[C@@H](C)CCC. The van der Waals surface area contributed by atoms with Crippen LogP contribution in [0.1, 0.15) is 86.1 Å². The number of esters is 1. The third kappa shape index (κ3) is 13.4. The Balaban J connectivity index is 3.23. The minimum atomic E-state index is -1.64. The number of carbonyl (C=O) groups excluding carboxylic acids is 4. The largest absolute Gasteiger partial charge is 0.514 e. The number of carbonyl (C=O) groups is 4. The summed E-state index contributed by atoms with van der Waals surface area (Å²) in [5.74, 6) is -0.876. The van der Waals surface area contributed by atoms with Crippen LogP contribution in [0.4, 0.5) is 14.4 Å². The minimum absolute atomic E-state index is 0.0992. The van der Waals surface area contributed by atoms with Crippen molar-refractivity contribution in [2.45, 2.75) is 111 Å². The van der Waals surface area contributed by atoms with E-state index in [2.05, 4.69) is 0 Å². The van der Waals surface area contributed by atoms with E-state index in [1.165, 1.54) is 19.2 Å². The molecule has 0 aliphatic heterocycles. The zero-order valence-electron chi connectivity index (χ0n) is 26.1. The first kappa shape index (κ1) is 36.5. The van der Waals surface area contributed by atoms with E-state index in [9.17, 15) is 19.2 Å². The van der Waals surface area contributed by atoms with Crippen molar-refractivity contribution in [3.05, 3.63) is 23.8 Å². The first-order valence-electron chi connectivity index (χ1n) is 14.3. The molecule has 0 heterocycles. The van der Waals surface area contributed by atoms with Crippen molar-refractivity contribution in [1.82, 2.24) is 0 Å². The van der Waals surface area contributed by atoms with Crippen LogP contribution >= 0.6 is 0 Å². The number of benzene rings is 1. The van der Waals surface area contributed by atoms with Crippen LogP contribution in [0.3, 0.4) is 0 Å². The van der Waals surface area contributed by atoms with Gasteiger partial charge in [-0.3, -0.25) is 4.79 Å². The van der Waals surface area contributed by atoms with Gasteiger partial charge in [-0.1, -0.05) is 46.6 Å². The number of nitrogens with two attached hydrogens (primary N) is 1. The van der Waals surface area contributed by atoms with Gasteiger partial charge in [0, 0.05) is 12.8 Å². The monoisotopic (exact) mass is 597 g/mol. The molecule has 0 radical (unpaired) electrons. The molecule has 0 fully saturated rings. The molecule has 0 aliphatic carbocycles. The minimum Gasteiger partial charge on any atom is -0.468 e. The van der Waals surface area contributed by atoms with Crippen molar-refractivity contribution in [1.29, 1.82) is 0 Å². The van der Waals surface area contributed by atoms with Crippen molar-refractivity contribution in [3.63, 3.8) is 0 Å². The van der Waals surface area contributed by atoms with Gasteiger partial charge in [0.15, 0.2) is 11.5 Å². The second-order valence-corrected chi connectivity index (χ2v) is 10.8. The Morgan fingerprint density at radius 1 is 0.786 bits per heavy atom. The van der Waals surface area contributed by atoms with E-state index in [0.717, 1.165) is 12.8 Å². The number of ether oxygens (including phenoxy) is 7. The molecule has 0 saturated heterocycles. The summed E-state index contributed by atoms with van der Waals surface area (Å²) < 4.78 is 36.5. The van der Waals surface area contributed by atoms with Gasteiger partial charge in [0.25, 0.3) is 0 Å². The Labute approximate surface area is 248 Å². The van der Waals surface area contributed by atoms with Crippen molar-refractivity contribution < 1.29 is 52.3 Å². The highest BCUT2D eigenvalue weighted by Crippen LogP contribution is 2.32. The van der Waals surface area contributed by atoms with Crippen molar-refractivity contribution >= 4 is 24.4 Å². The molecule has 1 aromatic rings. The van der Waals surface area contributed by atoms with Crippen molar-refractivity contribution in [2.75, 3.05) is 13.7 Å². The third-order valence-corrected chi connectivity index (χ3v) is 5.98. The lowest BCUT2D eigenvalue weighted by Crippen LogP contribution is -2.53. The van der Waals surface area contributed by atoms with E-state index in [0.29, 0.717) is 18.4 Å². The van der Waals surface area contributed by atoms with Gasteiger partial charge in [-0.25, -0.2) is 14.4 Å². The van der Waals surface area contributed by atoms with Crippen LogP contribution in [0.25, 0.3) is 0 Å². The van der Waals surface area contributed by atoms with Gasteiger partial charge in [0.1, 0.15) is 23.9 Å². The predicted molar refractivity (Wildman–Crippen MR) is 153 cm³/mol. The number of methoxy groups -OCH3 is 1. The van der Waals surface area contributed by atoms with Gasteiger partial charge < -0.3 is 38.9 Å². The fourth-order valence-corrected chi connectivity index (χ4v) is 4.10. The molecule has 0 bridgehead atoms. The second-order valence-electron chi connectivity index (χ2n) is 10.8. The summed E-state index contributed by atoms with van der Waals surface area (Å²) in [6.07, 6.45) is -1.78. The Morgan fingerprint density at radius 3 is 1.81 bits per heavy atom. The van der Waals surface area contributed by atoms with Gasteiger partial charge in [-0.05, 0) is 57.2 Å². The summed E-state index contributed by atoms with van der Waals surface area (Å²) in [4.78, 5) is 49.7. The van der Waals surface area contributed by atoms with Crippen LogP contribution in [-0.4, -0.2) is 62.0 Å². The van der Waals surface area contributed by atoms with Gasteiger partial charge in [-0.2, -0.15) is 0 Å². The maximum Gasteiger partial charge on any atom is 0.514 e. The molecule has 12 nitrogen and oxygen atoms in total. The Morgan fingerprint density at radius 2 is 1.31 bits per heavy atom. The summed E-state index contributed by atoms with van der Waals surface area (Å²) in [5.41, 5.74) is 5.28. The molecule has 1 aromatic carbocycles. The quantitative estimate of drug-likeness (QED) is 0.133. The molecule has 238 valence electrons. The number of hydrogen-bond donors (Lipinski definition) is 1. The van der Waals surface area contributed by atoms with E-state index in [-0.39, 0.29) is 43.0 Å². The second kappa shape index (κ2) is 18.1. The molecule has 2 unspecified atom stereocenters. The van der Waals surface area contributed by atoms with Gasteiger partial charge >= 0.3 is 24.4 Å². The number of hydrogen-bond acceptors (Lipinski definition) is 12. The van der Waals surface area contributed by atoms with Crippen LogP contribution in [0, 0.1) is 5.92 Å². The van der Waals surface area contributed by atoms with Crippen LogP contribution in [0.15, 0.2) is 18.2 Å². The molecule has 0 amide bonds. The molecular weight excluding hydrogens is 550 g/mol. The summed E-state index contributed by atoms with van der Waals surface area (Å²) in [6, 6.07) is 4.33. The fraction of sp³-hybridized carbons (Fsp3) is 0.667. The molecular formula is C30H47NO11. The fourth-order valence-electron chi connectivity index (χ4n) is 4.10. The first-order valence-corrected chi connectivity index (χ1v) is 14.3. The Bertz CT molecular complexity index is 1030. The van der Waals surface area contributed by atoms with Crippen LogP contribution < -0.4 is 15.2 Å². The zero-order chi connectivity index (χ0) is 31.9. The molecule has 42 heavy (non-hydrogen) atoms. The first-order chi connectivity index (χ1) is 19.7. The maximum absolute atomic E-state index is 12.8. The van der Waals surface area contributed by atoms with Gasteiger partial charge in [-0.15, -0.1) is 0 Å². The third-order valence-electron chi connectivity index (χ3n) is 5.98. The molecule has 0 spiro atoms. The van der Waals surface area contributed by atoms with Gasteiger partial charge in [0.2, 0.25) is 0 Å². The standard InChI is InChI=1S/C30H47NO11/c1-9-11-20(5)38-28(34)41-24-14-13-23(15-25(24)42-29(35)39-21(6)12-10-2)17-30(31,26(32)36-8)16-22(7)40-27(33)37-18-19(3)4/h13-15,19-22H,9-12,16-18,31H2,1-8H3/t20-,21?,22-,30?/m0/s1. The highest BCUT2D eigenvalue weighted by Gasteiger charge is 2.38. The molecule has 0 aliphatic rings. The Hall–Kier alpha value is -3.54. The highest BCUT2D eigenvalue weighted by molar-refractivity contribution is 5.81. The average Bonchev–Trinajstić information content (AvgIpc) is 2.88. The number of rotatable bonds is 16. The normalized spacial score (nSPS) is 14.5. The van der Waals surface area contributed by atoms with E-state index in [1.807, 2.05) is 27.7 Å². The van der Waals surface area contributed by atoms with E-state index in [1.54, 1.807) is 26.8 Å². The van der Waals surface area contributed by atoms with Crippen LogP contribution in [-0.2, 0) is 34.9 Å². The molecule has 0 aromatic heterocycles. The maximum atomic E-state index is 12.8. The zero-order valence-corrected chi connectivity index (χ0v) is 26.1. The molecule has 4 atom stereocenters. The van der Waals surface area contributed by atoms with Crippen LogP contribution in [0.2, 0.25) is 0 Å². The smallest absolute Gasteiger partial charge is 0.468 e. The molecule has 12 heteroatoms. The van der Waals surface area contributed by atoms with Crippen molar-refractivity contribution in [3.8, 4) is 11.5 Å². The lowest BCUT2D eigenvalue weighted by molar-refractivity contribution is -0.148. The topological polar surface area (TPSA) is 159 Å². The summed E-state index contributed by atoms with van der Waals surface area (Å²) in [5, 5.41) is 0.